The van der Waals surface area contributed by atoms with Gasteiger partial charge in [0, 0.05) is 27.2 Å². The predicted octanol–water partition coefficient (Wildman–Crippen LogP) is 4.20. The quantitative estimate of drug-likeness (QED) is 0.476. The Balaban J connectivity index is 1.89. The first-order valence-corrected chi connectivity index (χ1v) is 7.79. The van der Waals surface area contributed by atoms with Crippen LogP contribution in [-0.2, 0) is 6.61 Å². The normalized spacial score (nSPS) is 13.0. The maximum Gasteiger partial charge on any atom is 0.163 e. The standard InChI is InChI=1S/C17H10BrN3O/c18-11-5-6-15-13(7-11)16-10(9-22-15)8-21-17(19-16)12-3-1-2-4-14(12)20-21/h1-8H,9H2. The highest BCUT2D eigenvalue weighted by Gasteiger charge is 2.21. The van der Waals surface area contributed by atoms with Crippen molar-refractivity contribution < 1.29 is 4.74 Å². The van der Waals surface area contributed by atoms with Crippen LogP contribution < -0.4 is 4.74 Å². The molecule has 2 aromatic carbocycles. The van der Waals surface area contributed by atoms with Gasteiger partial charge in [0.05, 0.1) is 11.2 Å². The Bertz CT molecular complexity index is 1050. The molecule has 0 saturated carbocycles. The summed E-state index contributed by atoms with van der Waals surface area (Å²) < 4.78 is 8.69. The third-order valence-corrected chi connectivity index (χ3v) is 4.45. The number of benzene rings is 2. The molecule has 0 amide bonds. The number of aromatic nitrogens is 3. The van der Waals surface area contributed by atoms with Crippen LogP contribution in [0.1, 0.15) is 5.56 Å². The molecule has 4 aromatic rings. The molecule has 22 heavy (non-hydrogen) atoms. The van der Waals surface area contributed by atoms with E-state index in [1.54, 1.807) is 0 Å². The van der Waals surface area contributed by atoms with Gasteiger partial charge in [-0.15, -0.1) is 0 Å². The number of hydrogen-bond donors (Lipinski definition) is 0. The van der Waals surface area contributed by atoms with Crippen molar-refractivity contribution in [2.45, 2.75) is 6.61 Å². The van der Waals surface area contributed by atoms with Gasteiger partial charge in [-0.3, -0.25) is 0 Å². The van der Waals surface area contributed by atoms with E-state index in [0.717, 1.165) is 43.6 Å². The summed E-state index contributed by atoms with van der Waals surface area (Å²) in [6, 6.07) is 14.1. The number of halogens is 1. The van der Waals surface area contributed by atoms with Gasteiger partial charge in [0.25, 0.3) is 0 Å². The summed E-state index contributed by atoms with van der Waals surface area (Å²) in [5.41, 5.74) is 4.87. The summed E-state index contributed by atoms with van der Waals surface area (Å²) in [7, 11) is 0. The van der Waals surface area contributed by atoms with Crippen molar-refractivity contribution in [3.63, 3.8) is 0 Å². The van der Waals surface area contributed by atoms with E-state index in [1.165, 1.54) is 0 Å². The van der Waals surface area contributed by atoms with E-state index in [2.05, 4.69) is 33.2 Å². The third-order valence-electron chi connectivity index (χ3n) is 3.96. The largest absolute Gasteiger partial charge is 0.488 e. The van der Waals surface area contributed by atoms with E-state index < -0.39 is 0 Å². The third kappa shape index (κ3) is 1.63. The van der Waals surface area contributed by atoms with Crippen molar-refractivity contribution >= 4 is 32.5 Å². The zero-order valence-corrected chi connectivity index (χ0v) is 13.0. The van der Waals surface area contributed by atoms with Gasteiger partial charge in [0.2, 0.25) is 0 Å². The minimum Gasteiger partial charge on any atom is -0.488 e. The summed E-state index contributed by atoms with van der Waals surface area (Å²) in [4.78, 5) is 4.89. The molecule has 0 saturated heterocycles. The van der Waals surface area contributed by atoms with Gasteiger partial charge >= 0.3 is 0 Å². The molecule has 106 valence electrons. The van der Waals surface area contributed by atoms with Gasteiger partial charge in [-0.1, -0.05) is 28.1 Å². The summed E-state index contributed by atoms with van der Waals surface area (Å²) in [6.45, 7) is 0.517. The maximum absolute atomic E-state index is 5.83. The lowest BCUT2D eigenvalue weighted by molar-refractivity contribution is 0.300. The summed E-state index contributed by atoms with van der Waals surface area (Å²) in [5.74, 6) is 0.872. The Morgan fingerprint density at radius 1 is 1.14 bits per heavy atom. The van der Waals surface area contributed by atoms with Crippen LogP contribution in [0.4, 0.5) is 0 Å². The SMILES string of the molecule is Brc1ccc2c(c1)-c1nc3c4ccccc4nn3cc1CO2. The van der Waals surface area contributed by atoms with Crippen molar-refractivity contribution in [2.75, 3.05) is 0 Å². The van der Waals surface area contributed by atoms with Crippen LogP contribution in [0.3, 0.4) is 0 Å². The first kappa shape index (κ1) is 12.2. The summed E-state index contributed by atoms with van der Waals surface area (Å²) >= 11 is 3.52. The second kappa shape index (κ2) is 4.30. The molecular formula is C17H10BrN3O. The van der Waals surface area contributed by atoms with Crippen LogP contribution in [0.15, 0.2) is 53.1 Å². The van der Waals surface area contributed by atoms with Crippen molar-refractivity contribution in [1.82, 2.24) is 14.6 Å². The molecule has 1 aliphatic heterocycles. The molecular weight excluding hydrogens is 342 g/mol. The smallest absolute Gasteiger partial charge is 0.163 e. The fourth-order valence-corrected chi connectivity index (χ4v) is 3.29. The fourth-order valence-electron chi connectivity index (χ4n) is 2.93. The summed E-state index contributed by atoms with van der Waals surface area (Å²) in [6.07, 6.45) is 2.02. The molecule has 0 aliphatic carbocycles. The van der Waals surface area contributed by atoms with Crippen LogP contribution in [0.5, 0.6) is 5.75 Å². The molecule has 2 aromatic heterocycles. The molecule has 5 heteroatoms. The van der Waals surface area contributed by atoms with E-state index in [0.29, 0.717) is 6.61 Å². The Morgan fingerprint density at radius 3 is 3.00 bits per heavy atom. The summed E-state index contributed by atoms with van der Waals surface area (Å²) in [5, 5.41) is 5.65. The van der Waals surface area contributed by atoms with Gasteiger partial charge in [-0.25, -0.2) is 9.50 Å². The Hall–Kier alpha value is -2.40. The molecule has 0 spiro atoms. The molecule has 0 atom stereocenters. The first-order valence-electron chi connectivity index (χ1n) is 6.99. The number of ether oxygens (including phenoxy) is 1. The first-order chi connectivity index (χ1) is 10.8. The molecule has 0 fully saturated rings. The van der Waals surface area contributed by atoms with Crippen LogP contribution in [0, 0.1) is 0 Å². The van der Waals surface area contributed by atoms with Crippen molar-refractivity contribution in [3.05, 3.63) is 58.7 Å². The Morgan fingerprint density at radius 2 is 2.05 bits per heavy atom. The van der Waals surface area contributed by atoms with Gasteiger partial charge in [-0.2, -0.15) is 5.10 Å². The van der Waals surface area contributed by atoms with E-state index in [-0.39, 0.29) is 0 Å². The van der Waals surface area contributed by atoms with Crippen LogP contribution in [0.25, 0.3) is 27.8 Å². The number of fused-ring (bicyclic) bond motifs is 6. The molecule has 0 radical (unpaired) electrons. The average molecular weight is 352 g/mol. The molecule has 4 nitrogen and oxygen atoms in total. The van der Waals surface area contributed by atoms with Crippen molar-refractivity contribution in [1.29, 1.82) is 0 Å². The number of hydrogen-bond acceptors (Lipinski definition) is 3. The molecule has 0 N–H and O–H groups in total. The van der Waals surface area contributed by atoms with Gasteiger partial charge in [0.15, 0.2) is 5.65 Å². The lowest BCUT2D eigenvalue weighted by Crippen LogP contribution is -2.09. The minimum absolute atomic E-state index is 0.517. The van der Waals surface area contributed by atoms with E-state index in [1.807, 2.05) is 41.0 Å². The van der Waals surface area contributed by atoms with E-state index in [4.69, 9.17) is 9.72 Å². The highest BCUT2D eigenvalue weighted by atomic mass is 79.9. The molecule has 3 heterocycles. The zero-order chi connectivity index (χ0) is 14.7. The van der Waals surface area contributed by atoms with E-state index in [9.17, 15) is 0 Å². The lowest BCUT2D eigenvalue weighted by Gasteiger charge is -2.20. The van der Waals surface area contributed by atoms with Gasteiger partial charge in [-0.05, 0) is 30.3 Å². The Kier molecular flexibility index (Phi) is 2.38. The van der Waals surface area contributed by atoms with Gasteiger partial charge < -0.3 is 4.74 Å². The molecule has 0 unspecified atom stereocenters. The highest BCUT2D eigenvalue weighted by Crippen LogP contribution is 2.38. The minimum atomic E-state index is 0.517. The average Bonchev–Trinajstić information content (AvgIpc) is 2.90. The lowest BCUT2D eigenvalue weighted by atomic mass is 10.0. The van der Waals surface area contributed by atoms with Crippen LogP contribution in [-0.4, -0.2) is 14.6 Å². The second-order valence-corrected chi connectivity index (χ2v) is 6.24. The highest BCUT2D eigenvalue weighted by molar-refractivity contribution is 9.10. The monoisotopic (exact) mass is 351 g/mol. The fraction of sp³-hybridized carbons (Fsp3) is 0.0588. The zero-order valence-electron chi connectivity index (χ0n) is 11.5. The number of rotatable bonds is 0. The van der Waals surface area contributed by atoms with Crippen LogP contribution >= 0.6 is 15.9 Å². The second-order valence-electron chi connectivity index (χ2n) is 5.33. The van der Waals surface area contributed by atoms with Crippen molar-refractivity contribution in [3.8, 4) is 17.0 Å². The number of nitrogens with zero attached hydrogens (tertiary/aromatic N) is 3. The maximum atomic E-state index is 5.83. The van der Waals surface area contributed by atoms with Crippen molar-refractivity contribution in [2.24, 2.45) is 0 Å². The predicted molar refractivity (Wildman–Crippen MR) is 88.0 cm³/mol. The topological polar surface area (TPSA) is 39.4 Å². The van der Waals surface area contributed by atoms with E-state index >= 15 is 0 Å². The molecule has 0 bridgehead atoms. The molecule has 1 aliphatic rings. The van der Waals surface area contributed by atoms with Crippen LogP contribution in [0.2, 0.25) is 0 Å². The molecule has 5 rings (SSSR count). The van der Waals surface area contributed by atoms with Gasteiger partial charge in [0.1, 0.15) is 12.4 Å². The Labute approximate surface area is 134 Å².